The fraction of sp³-hybridized carbons (Fsp3) is 0.929. The zero-order valence-electron chi connectivity index (χ0n) is 12.2. The van der Waals surface area contributed by atoms with E-state index in [-0.39, 0.29) is 24.0 Å². The van der Waals surface area contributed by atoms with Gasteiger partial charge in [0.1, 0.15) is 0 Å². The van der Waals surface area contributed by atoms with Crippen LogP contribution in [0.4, 0.5) is 0 Å². The second-order valence-electron chi connectivity index (χ2n) is 6.19. The van der Waals surface area contributed by atoms with Gasteiger partial charge in [0, 0.05) is 18.0 Å². The van der Waals surface area contributed by atoms with Crippen LogP contribution in [-0.2, 0) is 4.79 Å². The van der Waals surface area contributed by atoms with Crippen LogP contribution in [0.1, 0.15) is 39.5 Å². The van der Waals surface area contributed by atoms with Crippen LogP contribution in [0.5, 0.6) is 0 Å². The number of aliphatic hydroxyl groups excluding tert-OH is 1. The van der Waals surface area contributed by atoms with Crippen molar-refractivity contribution in [2.75, 3.05) is 27.2 Å². The third kappa shape index (κ3) is 3.69. The van der Waals surface area contributed by atoms with Gasteiger partial charge in [0.25, 0.3) is 0 Å². The predicted octanol–water partition coefficient (Wildman–Crippen LogP) is 1.24. The van der Waals surface area contributed by atoms with Gasteiger partial charge in [-0.15, -0.1) is 0 Å². The minimum Gasteiger partial charge on any atom is -0.394 e. The summed E-state index contributed by atoms with van der Waals surface area (Å²) in [6.07, 6.45) is 3.55. The fourth-order valence-electron chi connectivity index (χ4n) is 2.61. The monoisotopic (exact) mass is 256 g/mol. The average Bonchev–Trinajstić information content (AvgIpc) is 2.35. The molecule has 0 aromatic carbocycles. The molecule has 0 bridgehead atoms. The van der Waals surface area contributed by atoms with Gasteiger partial charge in [-0.05, 0) is 45.7 Å². The van der Waals surface area contributed by atoms with E-state index in [4.69, 9.17) is 0 Å². The minimum absolute atomic E-state index is 0.116. The Morgan fingerprint density at radius 3 is 2.33 bits per heavy atom. The Balaban J connectivity index is 2.45. The Morgan fingerprint density at radius 2 is 1.94 bits per heavy atom. The van der Waals surface area contributed by atoms with Crippen LogP contribution in [-0.4, -0.2) is 48.7 Å². The number of nitrogens with zero attached hydrogens (tertiary/aromatic N) is 1. The van der Waals surface area contributed by atoms with Crippen molar-refractivity contribution in [2.24, 2.45) is 11.8 Å². The van der Waals surface area contributed by atoms with Crippen molar-refractivity contribution in [2.45, 2.75) is 45.1 Å². The van der Waals surface area contributed by atoms with E-state index >= 15 is 0 Å². The Kier molecular flexibility index (Phi) is 5.60. The molecular weight excluding hydrogens is 228 g/mol. The van der Waals surface area contributed by atoms with Gasteiger partial charge in [0.15, 0.2) is 0 Å². The third-order valence-electron chi connectivity index (χ3n) is 4.21. The van der Waals surface area contributed by atoms with Crippen LogP contribution in [0.25, 0.3) is 0 Å². The molecule has 1 aliphatic carbocycles. The van der Waals surface area contributed by atoms with E-state index < -0.39 is 0 Å². The van der Waals surface area contributed by atoms with Gasteiger partial charge >= 0.3 is 0 Å². The summed E-state index contributed by atoms with van der Waals surface area (Å²) >= 11 is 0. The fourth-order valence-corrected chi connectivity index (χ4v) is 2.61. The van der Waals surface area contributed by atoms with E-state index in [1.807, 2.05) is 14.1 Å². The lowest BCUT2D eigenvalue weighted by Gasteiger charge is -2.43. The van der Waals surface area contributed by atoms with E-state index in [1.54, 1.807) is 0 Å². The van der Waals surface area contributed by atoms with E-state index in [1.165, 1.54) is 0 Å². The lowest BCUT2D eigenvalue weighted by molar-refractivity contribution is -0.127. The molecule has 0 spiro atoms. The SMILES string of the molecule is CC(C)CNC(=O)C1CCC(CO)(N(C)C)CC1. The van der Waals surface area contributed by atoms with Crippen molar-refractivity contribution in [3.8, 4) is 0 Å². The average molecular weight is 256 g/mol. The van der Waals surface area contributed by atoms with Crippen LogP contribution in [0.2, 0.25) is 0 Å². The van der Waals surface area contributed by atoms with Crippen LogP contribution >= 0.6 is 0 Å². The lowest BCUT2D eigenvalue weighted by atomic mass is 9.76. The summed E-state index contributed by atoms with van der Waals surface area (Å²) in [4.78, 5) is 14.1. The summed E-state index contributed by atoms with van der Waals surface area (Å²) in [6, 6.07) is 0. The summed E-state index contributed by atoms with van der Waals surface area (Å²) in [6.45, 7) is 5.14. The number of rotatable bonds is 5. The number of carbonyl (C=O) groups excluding carboxylic acids is 1. The number of hydrogen-bond donors (Lipinski definition) is 2. The highest BCUT2D eigenvalue weighted by molar-refractivity contribution is 5.78. The smallest absolute Gasteiger partial charge is 0.223 e. The van der Waals surface area contributed by atoms with Crippen LogP contribution in [0.3, 0.4) is 0 Å². The molecule has 4 nitrogen and oxygen atoms in total. The van der Waals surface area contributed by atoms with Gasteiger partial charge in [-0.3, -0.25) is 4.79 Å². The number of carbonyl (C=O) groups is 1. The van der Waals surface area contributed by atoms with E-state index in [0.717, 1.165) is 32.2 Å². The van der Waals surface area contributed by atoms with Gasteiger partial charge in [-0.1, -0.05) is 13.8 Å². The highest BCUT2D eigenvalue weighted by Gasteiger charge is 2.38. The van der Waals surface area contributed by atoms with Gasteiger partial charge in [0.2, 0.25) is 5.91 Å². The Hall–Kier alpha value is -0.610. The van der Waals surface area contributed by atoms with Crippen molar-refractivity contribution in [3.05, 3.63) is 0 Å². The second kappa shape index (κ2) is 6.53. The molecule has 0 radical (unpaired) electrons. The summed E-state index contributed by atoms with van der Waals surface area (Å²) < 4.78 is 0. The number of nitrogens with one attached hydrogen (secondary N) is 1. The van der Waals surface area contributed by atoms with Crippen molar-refractivity contribution >= 4 is 5.91 Å². The number of likely N-dealkylation sites (N-methyl/N-ethyl adjacent to an activating group) is 1. The number of amides is 1. The van der Waals surface area contributed by atoms with Crippen LogP contribution in [0.15, 0.2) is 0 Å². The maximum atomic E-state index is 12.0. The van der Waals surface area contributed by atoms with Gasteiger partial charge in [-0.2, -0.15) is 0 Å². The molecule has 106 valence electrons. The molecule has 0 aliphatic heterocycles. The predicted molar refractivity (Wildman–Crippen MR) is 73.3 cm³/mol. The van der Waals surface area contributed by atoms with Crippen LogP contribution in [0, 0.1) is 11.8 Å². The summed E-state index contributed by atoms with van der Waals surface area (Å²) in [5.41, 5.74) is -0.116. The highest BCUT2D eigenvalue weighted by atomic mass is 16.3. The van der Waals surface area contributed by atoms with Crippen molar-refractivity contribution < 1.29 is 9.90 Å². The van der Waals surface area contributed by atoms with Crippen molar-refractivity contribution in [3.63, 3.8) is 0 Å². The molecule has 0 unspecified atom stereocenters. The Bertz CT molecular complexity index is 269. The molecule has 0 atom stereocenters. The molecule has 0 saturated heterocycles. The Morgan fingerprint density at radius 1 is 1.39 bits per heavy atom. The van der Waals surface area contributed by atoms with Gasteiger partial charge < -0.3 is 15.3 Å². The number of aliphatic hydroxyl groups is 1. The molecule has 1 rings (SSSR count). The summed E-state index contributed by atoms with van der Waals surface area (Å²) in [7, 11) is 4.02. The maximum absolute atomic E-state index is 12.0. The molecule has 18 heavy (non-hydrogen) atoms. The highest BCUT2D eigenvalue weighted by Crippen LogP contribution is 2.35. The molecule has 1 amide bonds. The van der Waals surface area contributed by atoms with Crippen LogP contribution < -0.4 is 5.32 Å². The molecule has 0 aromatic rings. The Labute approximate surface area is 111 Å². The zero-order valence-corrected chi connectivity index (χ0v) is 12.2. The van der Waals surface area contributed by atoms with Crippen molar-refractivity contribution in [1.29, 1.82) is 0 Å². The lowest BCUT2D eigenvalue weighted by Crippen LogP contribution is -2.51. The molecule has 1 fully saturated rings. The third-order valence-corrected chi connectivity index (χ3v) is 4.21. The topological polar surface area (TPSA) is 52.6 Å². The maximum Gasteiger partial charge on any atom is 0.223 e. The second-order valence-corrected chi connectivity index (χ2v) is 6.19. The summed E-state index contributed by atoms with van der Waals surface area (Å²) in [5, 5.41) is 12.6. The van der Waals surface area contributed by atoms with Gasteiger partial charge in [-0.25, -0.2) is 0 Å². The first kappa shape index (κ1) is 15.4. The molecular formula is C14H28N2O2. The molecule has 4 heteroatoms. The largest absolute Gasteiger partial charge is 0.394 e. The van der Waals surface area contributed by atoms with E-state index in [0.29, 0.717) is 5.92 Å². The van der Waals surface area contributed by atoms with Crippen molar-refractivity contribution in [1.82, 2.24) is 10.2 Å². The first-order chi connectivity index (χ1) is 8.41. The van der Waals surface area contributed by atoms with E-state index in [2.05, 4.69) is 24.1 Å². The first-order valence-corrected chi connectivity index (χ1v) is 6.97. The zero-order chi connectivity index (χ0) is 13.8. The summed E-state index contributed by atoms with van der Waals surface area (Å²) in [5.74, 6) is 0.813. The minimum atomic E-state index is -0.116. The molecule has 0 aromatic heterocycles. The molecule has 0 heterocycles. The molecule has 1 aliphatic rings. The first-order valence-electron chi connectivity index (χ1n) is 6.97. The quantitative estimate of drug-likeness (QED) is 0.778. The molecule has 1 saturated carbocycles. The normalized spacial score (nSPS) is 28.7. The van der Waals surface area contributed by atoms with E-state index in [9.17, 15) is 9.90 Å². The van der Waals surface area contributed by atoms with Gasteiger partial charge in [0.05, 0.1) is 6.61 Å². The number of hydrogen-bond acceptors (Lipinski definition) is 3. The molecule has 2 N–H and O–H groups in total. The standard InChI is InChI=1S/C14H28N2O2/c1-11(2)9-15-13(18)12-5-7-14(10-17,8-6-12)16(3)4/h11-12,17H,5-10H2,1-4H3,(H,15,18).